The lowest BCUT2D eigenvalue weighted by atomic mass is 9.78. The molecule has 1 N–H and O–H groups in total. The van der Waals surface area contributed by atoms with Gasteiger partial charge in [0, 0.05) is 12.6 Å². The highest BCUT2D eigenvalue weighted by Gasteiger charge is 2.50. The number of carbonyl (C=O) groups is 1. The van der Waals surface area contributed by atoms with Crippen molar-refractivity contribution in [2.75, 3.05) is 6.54 Å². The zero-order valence-electron chi connectivity index (χ0n) is 12.2. The predicted molar refractivity (Wildman–Crippen MR) is 74.9 cm³/mol. The van der Waals surface area contributed by atoms with Crippen LogP contribution in [0.3, 0.4) is 0 Å². The van der Waals surface area contributed by atoms with Gasteiger partial charge in [0.05, 0.1) is 0 Å². The summed E-state index contributed by atoms with van der Waals surface area (Å²) in [5, 5.41) is 9.64. The van der Waals surface area contributed by atoms with E-state index >= 15 is 0 Å². The maximum atomic E-state index is 11.7. The number of carboxylic acid groups (broad SMARTS) is 1. The van der Waals surface area contributed by atoms with Crippen molar-refractivity contribution < 1.29 is 9.90 Å². The van der Waals surface area contributed by atoms with Crippen LogP contribution in [0.1, 0.15) is 52.4 Å². The average Bonchev–Trinajstić information content (AvgIpc) is 2.91. The van der Waals surface area contributed by atoms with Crippen molar-refractivity contribution in [3.8, 4) is 0 Å². The molecule has 0 amide bonds. The molecule has 6 unspecified atom stereocenters. The Balaban J connectivity index is 1.74. The predicted octanol–water partition coefficient (Wildman–Crippen LogP) is 3.00. The van der Waals surface area contributed by atoms with Crippen LogP contribution in [-0.4, -0.2) is 34.6 Å². The van der Waals surface area contributed by atoms with E-state index in [0.29, 0.717) is 17.9 Å². The van der Waals surface area contributed by atoms with E-state index in [1.54, 1.807) is 0 Å². The molecule has 3 nitrogen and oxygen atoms in total. The van der Waals surface area contributed by atoms with Crippen LogP contribution in [0.15, 0.2) is 0 Å². The molecule has 1 saturated heterocycles. The lowest BCUT2D eigenvalue weighted by Gasteiger charge is -2.39. The van der Waals surface area contributed by atoms with Gasteiger partial charge >= 0.3 is 5.97 Å². The van der Waals surface area contributed by atoms with Crippen LogP contribution < -0.4 is 0 Å². The Hall–Kier alpha value is -0.570. The monoisotopic (exact) mass is 265 g/mol. The molecule has 6 atom stereocenters. The molecule has 19 heavy (non-hydrogen) atoms. The van der Waals surface area contributed by atoms with Crippen molar-refractivity contribution in [2.24, 2.45) is 23.7 Å². The standard InChI is InChI=1S/C16H27NO2/c1-10-6-7-13(8-11(10)2)17-9-12-4-3-5-14(12)15(17)16(18)19/h10-15H,3-9H2,1-2H3,(H,18,19). The molecule has 3 heteroatoms. The Morgan fingerprint density at radius 3 is 2.58 bits per heavy atom. The second-order valence-electron chi connectivity index (χ2n) is 7.26. The molecule has 2 saturated carbocycles. The van der Waals surface area contributed by atoms with Gasteiger partial charge in [-0.15, -0.1) is 0 Å². The zero-order chi connectivity index (χ0) is 13.6. The second-order valence-corrected chi connectivity index (χ2v) is 7.26. The molecule has 0 aromatic rings. The van der Waals surface area contributed by atoms with Crippen molar-refractivity contribution in [1.82, 2.24) is 4.90 Å². The highest BCUT2D eigenvalue weighted by atomic mass is 16.4. The van der Waals surface area contributed by atoms with Crippen LogP contribution in [-0.2, 0) is 4.79 Å². The first-order valence-corrected chi connectivity index (χ1v) is 8.06. The van der Waals surface area contributed by atoms with E-state index in [9.17, 15) is 9.90 Å². The van der Waals surface area contributed by atoms with Gasteiger partial charge in [-0.2, -0.15) is 0 Å². The summed E-state index contributed by atoms with van der Waals surface area (Å²) in [5.74, 6) is 2.08. The molecule has 108 valence electrons. The first kappa shape index (κ1) is 13.4. The van der Waals surface area contributed by atoms with E-state index in [0.717, 1.165) is 24.8 Å². The number of aliphatic carboxylic acids is 1. The molecule has 3 aliphatic rings. The van der Waals surface area contributed by atoms with Crippen LogP contribution in [0.4, 0.5) is 0 Å². The number of fused-ring (bicyclic) bond motifs is 1. The Labute approximate surface area is 116 Å². The summed E-state index contributed by atoms with van der Waals surface area (Å²) in [4.78, 5) is 14.1. The summed E-state index contributed by atoms with van der Waals surface area (Å²) < 4.78 is 0. The second kappa shape index (κ2) is 5.08. The van der Waals surface area contributed by atoms with Crippen LogP contribution in [0.5, 0.6) is 0 Å². The van der Waals surface area contributed by atoms with E-state index in [2.05, 4.69) is 18.7 Å². The van der Waals surface area contributed by atoms with Gasteiger partial charge in [0.25, 0.3) is 0 Å². The third kappa shape index (κ3) is 2.31. The fourth-order valence-corrected chi connectivity index (χ4v) is 4.86. The summed E-state index contributed by atoms with van der Waals surface area (Å²) in [6, 6.07) is 0.344. The van der Waals surface area contributed by atoms with Crippen LogP contribution >= 0.6 is 0 Å². The Morgan fingerprint density at radius 2 is 1.89 bits per heavy atom. The molecule has 3 fully saturated rings. The highest BCUT2D eigenvalue weighted by molar-refractivity contribution is 5.74. The van der Waals surface area contributed by atoms with Gasteiger partial charge in [-0.3, -0.25) is 9.69 Å². The smallest absolute Gasteiger partial charge is 0.321 e. The van der Waals surface area contributed by atoms with Crippen LogP contribution in [0.2, 0.25) is 0 Å². The summed E-state index contributed by atoms with van der Waals surface area (Å²) in [7, 11) is 0. The largest absolute Gasteiger partial charge is 0.480 e. The minimum atomic E-state index is -0.569. The molecule has 0 radical (unpaired) electrons. The lowest BCUT2D eigenvalue weighted by Crippen LogP contribution is -2.48. The number of likely N-dealkylation sites (tertiary alicyclic amines) is 1. The van der Waals surface area contributed by atoms with Crippen molar-refractivity contribution in [3.63, 3.8) is 0 Å². The topological polar surface area (TPSA) is 40.5 Å². The van der Waals surface area contributed by atoms with E-state index in [1.165, 1.54) is 32.1 Å². The lowest BCUT2D eigenvalue weighted by molar-refractivity contribution is -0.145. The summed E-state index contributed by atoms with van der Waals surface area (Å²) >= 11 is 0. The fraction of sp³-hybridized carbons (Fsp3) is 0.938. The first-order valence-electron chi connectivity index (χ1n) is 8.06. The minimum absolute atomic E-state index is 0.182. The normalized spacial score (nSPS) is 47.3. The molecule has 0 aromatic heterocycles. The summed E-state index contributed by atoms with van der Waals surface area (Å²) in [5.41, 5.74) is 0. The average molecular weight is 265 g/mol. The third-order valence-corrected chi connectivity index (χ3v) is 6.22. The van der Waals surface area contributed by atoms with Crippen LogP contribution in [0, 0.1) is 23.7 Å². The highest BCUT2D eigenvalue weighted by Crippen LogP contribution is 2.45. The van der Waals surface area contributed by atoms with Crippen molar-refractivity contribution in [2.45, 2.75) is 64.5 Å². The summed E-state index contributed by atoms with van der Waals surface area (Å²) in [6.45, 7) is 5.73. The molecule has 2 aliphatic carbocycles. The van der Waals surface area contributed by atoms with Gasteiger partial charge in [0.15, 0.2) is 0 Å². The molecule has 0 aromatic carbocycles. The van der Waals surface area contributed by atoms with E-state index in [4.69, 9.17) is 0 Å². The summed E-state index contributed by atoms with van der Waals surface area (Å²) in [6.07, 6.45) is 7.30. The van der Waals surface area contributed by atoms with Gasteiger partial charge in [0.1, 0.15) is 6.04 Å². The molecular formula is C16H27NO2. The molecule has 1 heterocycles. The number of hydrogen-bond acceptors (Lipinski definition) is 2. The Morgan fingerprint density at radius 1 is 1.11 bits per heavy atom. The molecular weight excluding hydrogens is 238 g/mol. The number of carboxylic acids is 1. The number of hydrogen-bond donors (Lipinski definition) is 1. The van der Waals surface area contributed by atoms with Gasteiger partial charge in [0.2, 0.25) is 0 Å². The van der Waals surface area contributed by atoms with E-state index in [1.807, 2.05) is 0 Å². The molecule has 1 aliphatic heterocycles. The molecule has 0 bridgehead atoms. The number of rotatable bonds is 2. The number of nitrogens with zero attached hydrogens (tertiary/aromatic N) is 1. The first-order chi connectivity index (χ1) is 9.08. The van der Waals surface area contributed by atoms with E-state index < -0.39 is 5.97 Å². The quantitative estimate of drug-likeness (QED) is 0.834. The maximum Gasteiger partial charge on any atom is 0.321 e. The minimum Gasteiger partial charge on any atom is -0.480 e. The Kier molecular flexibility index (Phi) is 3.59. The zero-order valence-corrected chi connectivity index (χ0v) is 12.2. The van der Waals surface area contributed by atoms with Crippen molar-refractivity contribution in [1.29, 1.82) is 0 Å². The van der Waals surface area contributed by atoms with Crippen molar-refractivity contribution >= 4 is 5.97 Å². The molecule has 0 spiro atoms. The maximum absolute atomic E-state index is 11.7. The fourth-order valence-electron chi connectivity index (χ4n) is 4.86. The van der Waals surface area contributed by atoms with E-state index in [-0.39, 0.29) is 6.04 Å². The van der Waals surface area contributed by atoms with Gasteiger partial charge in [-0.1, -0.05) is 20.3 Å². The van der Waals surface area contributed by atoms with Gasteiger partial charge in [-0.05, 0) is 55.8 Å². The van der Waals surface area contributed by atoms with Crippen molar-refractivity contribution in [3.05, 3.63) is 0 Å². The van der Waals surface area contributed by atoms with Gasteiger partial charge in [-0.25, -0.2) is 0 Å². The van der Waals surface area contributed by atoms with Gasteiger partial charge < -0.3 is 5.11 Å². The molecule has 3 rings (SSSR count). The Bertz CT molecular complexity index is 357. The van der Waals surface area contributed by atoms with Crippen LogP contribution in [0.25, 0.3) is 0 Å². The SMILES string of the molecule is CC1CCC(N2CC3CCCC3C2C(=O)O)CC1C. The third-order valence-electron chi connectivity index (χ3n) is 6.22.